The molecule has 1 atom stereocenters. The van der Waals surface area contributed by atoms with Crippen LogP contribution in [0.15, 0.2) is 24.3 Å². The van der Waals surface area contributed by atoms with Crippen molar-refractivity contribution < 1.29 is 9.53 Å². The molecule has 4 heteroatoms. The summed E-state index contributed by atoms with van der Waals surface area (Å²) in [5.74, 6) is 0.124. The zero-order valence-electron chi connectivity index (χ0n) is 11.9. The fourth-order valence-corrected chi connectivity index (χ4v) is 3.00. The van der Waals surface area contributed by atoms with E-state index in [1.807, 2.05) is 19.1 Å². The fourth-order valence-electron chi connectivity index (χ4n) is 3.00. The predicted molar refractivity (Wildman–Crippen MR) is 77.4 cm³/mol. The number of carbonyl (C=O) groups is 1. The van der Waals surface area contributed by atoms with Crippen molar-refractivity contribution >= 4 is 5.91 Å². The van der Waals surface area contributed by atoms with Gasteiger partial charge in [-0.1, -0.05) is 24.3 Å². The van der Waals surface area contributed by atoms with Gasteiger partial charge in [-0.3, -0.25) is 4.79 Å². The van der Waals surface area contributed by atoms with E-state index in [4.69, 9.17) is 4.74 Å². The Balaban J connectivity index is 1.50. The van der Waals surface area contributed by atoms with E-state index in [-0.39, 0.29) is 18.0 Å². The predicted octanol–water partition coefficient (Wildman–Crippen LogP) is 1.38. The molecular weight excluding hydrogens is 252 g/mol. The maximum atomic E-state index is 12.3. The first-order chi connectivity index (χ1) is 9.76. The topological polar surface area (TPSA) is 50.4 Å². The van der Waals surface area contributed by atoms with Gasteiger partial charge in [-0.15, -0.1) is 0 Å². The number of amides is 1. The molecule has 1 fully saturated rings. The largest absolute Gasteiger partial charge is 0.378 e. The highest BCUT2D eigenvalue weighted by molar-refractivity contribution is 5.82. The molecule has 1 aliphatic carbocycles. The van der Waals surface area contributed by atoms with E-state index in [1.54, 1.807) is 0 Å². The molecule has 1 aromatic carbocycles. The monoisotopic (exact) mass is 274 g/mol. The number of hydrogen-bond acceptors (Lipinski definition) is 3. The molecule has 1 amide bonds. The second-order valence-electron chi connectivity index (χ2n) is 5.66. The first kappa shape index (κ1) is 13.6. The summed E-state index contributed by atoms with van der Waals surface area (Å²) >= 11 is 0. The summed E-state index contributed by atoms with van der Waals surface area (Å²) in [7, 11) is 0. The third kappa shape index (κ3) is 2.86. The van der Waals surface area contributed by atoms with Crippen LogP contribution in [0.4, 0.5) is 0 Å². The normalized spacial score (nSPS) is 28.4. The molecule has 2 N–H and O–H groups in total. The fraction of sp³-hybridized carbons (Fsp3) is 0.562. The van der Waals surface area contributed by atoms with Crippen LogP contribution in [-0.4, -0.2) is 30.7 Å². The average Bonchev–Trinajstić information content (AvgIpc) is 2.44. The molecule has 0 radical (unpaired) electrons. The van der Waals surface area contributed by atoms with E-state index >= 15 is 0 Å². The number of nitrogens with one attached hydrogen (secondary N) is 2. The van der Waals surface area contributed by atoms with Gasteiger partial charge in [-0.2, -0.15) is 0 Å². The summed E-state index contributed by atoms with van der Waals surface area (Å²) in [5, 5.41) is 6.45. The Morgan fingerprint density at radius 2 is 2.10 bits per heavy atom. The van der Waals surface area contributed by atoms with Crippen LogP contribution in [0.25, 0.3) is 0 Å². The standard InChI is InChI=1S/C16H22N2O2/c1-2-20-14-8-13(9-14)18-16(19)15-7-11-5-3-4-6-12(11)10-17-15/h3-6,13-15,17H,2,7-10H2,1H3,(H,18,19)/t13?,14?,15-/m0/s1. The minimum absolute atomic E-state index is 0.101. The molecule has 3 rings (SSSR count). The van der Waals surface area contributed by atoms with Gasteiger partial charge in [-0.05, 0) is 37.3 Å². The van der Waals surface area contributed by atoms with Crippen LogP contribution in [0, 0.1) is 0 Å². The van der Waals surface area contributed by atoms with Crippen molar-refractivity contribution in [3.05, 3.63) is 35.4 Å². The van der Waals surface area contributed by atoms with Crippen molar-refractivity contribution in [1.82, 2.24) is 10.6 Å². The van der Waals surface area contributed by atoms with Gasteiger partial charge >= 0.3 is 0 Å². The smallest absolute Gasteiger partial charge is 0.237 e. The minimum Gasteiger partial charge on any atom is -0.378 e. The number of benzene rings is 1. The van der Waals surface area contributed by atoms with Crippen LogP contribution in [0.5, 0.6) is 0 Å². The maximum absolute atomic E-state index is 12.3. The Hall–Kier alpha value is -1.39. The lowest BCUT2D eigenvalue weighted by Gasteiger charge is -2.36. The Morgan fingerprint density at radius 1 is 1.35 bits per heavy atom. The van der Waals surface area contributed by atoms with Crippen molar-refractivity contribution in [2.24, 2.45) is 0 Å². The molecule has 108 valence electrons. The minimum atomic E-state index is -0.101. The second kappa shape index (κ2) is 5.94. The van der Waals surface area contributed by atoms with E-state index < -0.39 is 0 Å². The molecule has 0 saturated heterocycles. The number of hydrogen-bond donors (Lipinski definition) is 2. The van der Waals surface area contributed by atoms with Crippen LogP contribution < -0.4 is 10.6 Å². The van der Waals surface area contributed by atoms with Gasteiger partial charge in [0.1, 0.15) is 0 Å². The first-order valence-corrected chi connectivity index (χ1v) is 7.48. The lowest BCUT2D eigenvalue weighted by atomic mass is 9.88. The van der Waals surface area contributed by atoms with Crippen LogP contribution in [0.1, 0.15) is 30.9 Å². The highest BCUT2D eigenvalue weighted by atomic mass is 16.5. The summed E-state index contributed by atoms with van der Waals surface area (Å²) in [5.41, 5.74) is 2.59. The quantitative estimate of drug-likeness (QED) is 0.872. The summed E-state index contributed by atoms with van der Waals surface area (Å²) in [6.45, 7) is 3.54. The SMILES string of the molecule is CCOC1CC(NC(=O)[C@@H]2Cc3ccccc3CN2)C1. The third-order valence-corrected chi connectivity index (χ3v) is 4.24. The molecule has 0 aromatic heterocycles. The van der Waals surface area contributed by atoms with E-state index in [0.717, 1.165) is 32.4 Å². The molecule has 2 aliphatic rings. The van der Waals surface area contributed by atoms with Crippen LogP contribution in [0.2, 0.25) is 0 Å². The first-order valence-electron chi connectivity index (χ1n) is 7.48. The van der Waals surface area contributed by atoms with Crippen LogP contribution in [-0.2, 0) is 22.5 Å². The van der Waals surface area contributed by atoms with E-state index in [2.05, 4.69) is 22.8 Å². The second-order valence-corrected chi connectivity index (χ2v) is 5.66. The molecule has 1 heterocycles. The van der Waals surface area contributed by atoms with Crippen molar-refractivity contribution in [1.29, 1.82) is 0 Å². The molecule has 0 unspecified atom stereocenters. The summed E-state index contributed by atoms with van der Waals surface area (Å²) in [6, 6.07) is 8.51. The Kier molecular flexibility index (Phi) is 4.03. The molecule has 1 aliphatic heterocycles. The average molecular weight is 274 g/mol. The highest BCUT2D eigenvalue weighted by Crippen LogP contribution is 2.24. The van der Waals surface area contributed by atoms with Crippen LogP contribution in [0.3, 0.4) is 0 Å². The van der Waals surface area contributed by atoms with Gasteiger partial charge in [-0.25, -0.2) is 0 Å². The summed E-state index contributed by atoms with van der Waals surface area (Å²) in [4.78, 5) is 12.3. The summed E-state index contributed by atoms with van der Waals surface area (Å²) in [6.07, 6.45) is 3.01. The Labute approximate surface area is 119 Å². The van der Waals surface area contributed by atoms with Gasteiger partial charge in [0.05, 0.1) is 12.1 Å². The maximum Gasteiger partial charge on any atom is 0.237 e. The summed E-state index contributed by atoms with van der Waals surface area (Å²) < 4.78 is 5.51. The van der Waals surface area contributed by atoms with Crippen molar-refractivity contribution in [3.63, 3.8) is 0 Å². The molecule has 0 bridgehead atoms. The van der Waals surface area contributed by atoms with Gasteiger partial charge in [0.15, 0.2) is 0 Å². The zero-order chi connectivity index (χ0) is 13.9. The lowest BCUT2D eigenvalue weighted by molar-refractivity contribution is -0.125. The van der Waals surface area contributed by atoms with E-state index in [9.17, 15) is 4.79 Å². The molecule has 1 aromatic rings. The Morgan fingerprint density at radius 3 is 2.85 bits per heavy atom. The van der Waals surface area contributed by atoms with Crippen molar-refractivity contribution in [3.8, 4) is 0 Å². The van der Waals surface area contributed by atoms with Gasteiger partial charge in [0.25, 0.3) is 0 Å². The molecule has 20 heavy (non-hydrogen) atoms. The molecule has 4 nitrogen and oxygen atoms in total. The number of carbonyl (C=O) groups excluding carboxylic acids is 1. The number of rotatable bonds is 4. The Bertz CT molecular complexity index is 483. The zero-order valence-corrected chi connectivity index (χ0v) is 11.9. The lowest BCUT2D eigenvalue weighted by Crippen LogP contribution is -2.54. The van der Waals surface area contributed by atoms with Gasteiger partial charge < -0.3 is 15.4 Å². The molecule has 0 spiro atoms. The number of ether oxygens (including phenoxy) is 1. The highest BCUT2D eigenvalue weighted by Gasteiger charge is 2.33. The van der Waals surface area contributed by atoms with E-state index in [0.29, 0.717) is 6.10 Å². The van der Waals surface area contributed by atoms with Crippen molar-refractivity contribution in [2.45, 2.75) is 50.9 Å². The molecular formula is C16H22N2O2. The molecule has 1 saturated carbocycles. The van der Waals surface area contributed by atoms with Gasteiger partial charge in [0, 0.05) is 19.2 Å². The van der Waals surface area contributed by atoms with Gasteiger partial charge in [0.2, 0.25) is 5.91 Å². The van der Waals surface area contributed by atoms with E-state index in [1.165, 1.54) is 11.1 Å². The van der Waals surface area contributed by atoms with Crippen molar-refractivity contribution in [2.75, 3.05) is 6.61 Å². The number of fused-ring (bicyclic) bond motifs is 1. The van der Waals surface area contributed by atoms with Crippen LogP contribution >= 0.6 is 0 Å². The third-order valence-electron chi connectivity index (χ3n) is 4.24.